The van der Waals surface area contributed by atoms with Gasteiger partial charge in [0, 0.05) is 6.20 Å². The van der Waals surface area contributed by atoms with Crippen LogP contribution >= 0.6 is 0 Å². The number of aromatic nitrogens is 1. The van der Waals surface area contributed by atoms with Crippen molar-refractivity contribution in [1.82, 2.24) is 15.2 Å². The fraction of sp³-hybridized carbons (Fsp3) is 0.316. The van der Waals surface area contributed by atoms with E-state index in [2.05, 4.69) is 15.6 Å². The van der Waals surface area contributed by atoms with Gasteiger partial charge >= 0.3 is 0 Å². The second kappa shape index (κ2) is 8.94. The van der Waals surface area contributed by atoms with Crippen molar-refractivity contribution in [2.24, 2.45) is 0 Å². The summed E-state index contributed by atoms with van der Waals surface area (Å²) in [7, 11) is 1.73. The van der Waals surface area contributed by atoms with Gasteiger partial charge in [-0.1, -0.05) is 36.4 Å². The smallest absolute Gasteiger partial charge is 0.239 e. The number of hydrogen-bond donors (Lipinski definition) is 2. The number of nitrogens with one attached hydrogen (secondary N) is 2. The fourth-order valence-electron chi connectivity index (χ4n) is 2.38. The normalized spacial score (nSPS) is 11.8. The Kier molecular flexibility index (Phi) is 6.65. The van der Waals surface area contributed by atoms with E-state index in [0.717, 1.165) is 11.1 Å². The third-order valence-electron chi connectivity index (χ3n) is 3.68. The van der Waals surface area contributed by atoms with Crippen molar-refractivity contribution < 1.29 is 9.59 Å². The number of rotatable bonds is 7. The van der Waals surface area contributed by atoms with Crippen molar-refractivity contribution in [1.29, 1.82) is 0 Å². The molecule has 6 nitrogen and oxygen atoms in total. The van der Waals surface area contributed by atoms with Gasteiger partial charge in [0.15, 0.2) is 0 Å². The van der Waals surface area contributed by atoms with Crippen molar-refractivity contribution in [3.63, 3.8) is 0 Å². The van der Waals surface area contributed by atoms with E-state index in [1.165, 1.54) is 0 Å². The molecule has 6 heteroatoms. The number of carbonyl (C=O) groups excluding carboxylic acids is 2. The van der Waals surface area contributed by atoms with E-state index >= 15 is 0 Å². The Morgan fingerprint density at radius 2 is 1.76 bits per heavy atom. The zero-order valence-electron chi connectivity index (χ0n) is 14.8. The zero-order valence-corrected chi connectivity index (χ0v) is 14.8. The molecule has 132 valence electrons. The number of likely N-dealkylation sites (N-methyl/N-ethyl adjacent to an activating group) is 1. The van der Waals surface area contributed by atoms with Crippen molar-refractivity contribution >= 4 is 17.6 Å². The van der Waals surface area contributed by atoms with Crippen molar-refractivity contribution in [3.05, 3.63) is 59.8 Å². The van der Waals surface area contributed by atoms with Gasteiger partial charge in [-0.15, -0.1) is 0 Å². The molecule has 0 bridgehead atoms. The lowest BCUT2D eigenvalue weighted by Gasteiger charge is -2.19. The van der Waals surface area contributed by atoms with Crippen LogP contribution in [0.15, 0.2) is 48.7 Å². The molecule has 0 unspecified atom stereocenters. The van der Waals surface area contributed by atoms with E-state index in [1.807, 2.05) is 50.2 Å². The van der Waals surface area contributed by atoms with Crippen LogP contribution in [-0.2, 0) is 9.59 Å². The molecule has 0 saturated carbocycles. The van der Waals surface area contributed by atoms with Crippen LogP contribution < -0.4 is 10.6 Å². The molecule has 0 spiro atoms. The Labute approximate surface area is 148 Å². The lowest BCUT2D eigenvalue weighted by atomic mass is 10.1. The van der Waals surface area contributed by atoms with Crippen molar-refractivity contribution in [3.8, 4) is 0 Å². The molecular weight excluding hydrogens is 316 g/mol. The Bertz CT molecular complexity index is 701. The van der Waals surface area contributed by atoms with E-state index in [9.17, 15) is 9.59 Å². The topological polar surface area (TPSA) is 74.3 Å². The minimum absolute atomic E-state index is 0.0762. The molecular formula is C19H24N4O2. The number of pyridine rings is 1. The summed E-state index contributed by atoms with van der Waals surface area (Å²) in [4.78, 5) is 29.9. The molecule has 0 fully saturated rings. The largest absolute Gasteiger partial charge is 0.348 e. The van der Waals surface area contributed by atoms with E-state index in [4.69, 9.17) is 0 Å². The number of hydrogen-bond acceptors (Lipinski definition) is 4. The first kappa shape index (κ1) is 18.6. The van der Waals surface area contributed by atoms with Crippen LogP contribution in [0.3, 0.4) is 0 Å². The molecule has 2 amide bonds. The second-order valence-electron chi connectivity index (χ2n) is 6.14. The summed E-state index contributed by atoms with van der Waals surface area (Å²) in [5.41, 5.74) is 2.07. The molecule has 1 heterocycles. The third-order valence-corrected chi connectivity index (χ3v) is 3.68. The molecule has 2 rings (SSSR count). The predicted molar refractivity (Wildman–Crippen MR) is 98.1 cm³/mol. The highest BCUT2D eigenvalue weighted by atomic mass is 16.2. The maximum Gasteiger partial charge on any atom is 0.239 e. The summed E-state index contributed by atoms with van der Waals surface area (Å²) in [5, 5.41) is 5.65. The lowest BCUT2D eigenvalue weighted by molar-refractivity contribution is -0.123. The van der Waals surface area contributed by atoms with Gasteiger partial charge in [0.05, 0.1) is 19.1 Å². The Morgan fingerprint density at radius 3 is 2.40 bits per heavy atom. The quantitative estimate of drug-likeness (QED) is 0.810. The molecule has 1 aromatic carbocycles. The van der Waals surface area contributed by atoms with Crippen LogP contribution in [0.1, 0.15) is 24.1 Å². The Hall–Kier alpha value is -2.73. The molecule has 2 N–H and O–H groups in total. The van der Waals surface area contributed by atoms with E-state index < -0.39 is 0 Å². The van der Waals surface area contributed by atoms with Gasteiger partial charge in [0.2, 0.25) is 11.8 Å². The molecule has 0 aliphatic carbocycles. The van der Waals surface area contributed by atoms with Crippen molar-refractivity contribution in [2.45, 2.75) is 19.9 Å². The number of nitrogens with zero attached hydrogens (tertiary/aromatic N) is 2. The van der Waals surface area contributed by atoms with E-state index in [-0.39, 0.29) is 30.9 Å². The summed E-state index contributed by atoms with van der Waals surface area (Å²) in [5.74, 6) is 0.175. The lowest BCUT2D eigenvalue weighted by Crippen LogP contribution is -2.39. The Morgan fingerprint density at radius 1 is 1.08 bits per heavy atom. The van der Waals surface area contributed by atoms with Crippen LogP contribution in [0.25, 0.3) is 0 Å². The number of aryl methyl sites for hydroxylation is 1. The molecule has 25 heavy (non-hydrogen) atoms. The molecule has 0 aliphatic rings. The van der Waals surface area contributed by atoms with Crippen LogP contribution in [0, 0.1) is 6.92 Å². The van der Waals surface area contributed by atoms with Gasteiger partial charge in [0.1, 0.15) is 5.82 Å². The highest BCUT2D eigenvalue weighted by Gasteiger charge is 2.14. The summed E-state index contributed by atoms with van der Waals surface area (Å²) >= 11 is 0. The molecule has 0 saturated heterocycles. The highest BCUT2D eigenvalue weighted by molar-refractivity contribution is 5.91. The first-order valence-electron chi connectivity index (χ1n) is 8.19. The van der Waals surface area contributed by atoms with Crippen LogP contribution in [0.4, 0.5) is 5.82 Å². The summed E-state index contributed by atoms with van der Waals surface area (Å²) in [6.45, 7) is 4.12. The summed E-state index contributed by atoms with van der Waals surface area (Å²) in [6, 6.07) is 13.3. The van der Waals surface area contributed by atoms with Gasteiger partial charge in [-0.3, -0.25) is 14.5 Å². The maximum absolute atomic E-state index is 12.1. The molecule has 0 radical (unpaired) electrons. The number of carbonyl (C=O) groups is 2. The number of amides is 2. The van der Waals surface area contributed by atoms with Gasteiger partial charge in [-0.25, -0.2) is 4.98 Å². The average Bonchev–Trinajstić information content (AvgIpc) is 2.57. The highest BCUT2D eigenvalue weighted by Crippen LogP contribution is 2.10. The minimum Gasteiger partial charge on any atom is -0.348 e. The molecule has 2 aromatic rings. The van der Waals surface area contributed by atoms with E-state index in [0.29, 0.717) is 5.82 Å². The zero-order chi connectivity index (χ0) is 18.2. The minimum atomic E-state index is -0.206. The van der Waals surface area contributed by atoms with Crippen LogP contribution in [0.2, 0.25) is 0 Å². The molecule has 1 atom stereocenters. The first-order chi connectivity index (χ1) is 11.9. The molecule has 1 aromatic heterocycles. The van der Waals surface area contributed by atoms with Gasteiger partial charge in [-0.2, -0.15) is 0 Å². The number of benzene rings is 1. The second-order valence-corrected chi connectivity index (χ2v) is 6.14. The summed E-state index contributed by atoms with van der Waals surface area (Å²) < 4.78 is 0. The first-order valence-corrected chi connectivity index (χ1v) is 8.19. The third kappa shape index (κ3) is 6.35. The van der Waals surface area contributed by atoms with Gasteiger partial charge in [0.25, 0.3) is 0 Å². The van der Waals surface area contributed by atoms with Crippen molar-refractivity contribution in [2.75, 3.05) is 25.5 Å². The predicted octanol–water partition coefficient (Wildman–Crippen LogP) is 2.14. The van der Waals surface area contributed by atoms with Crippen LogP contribution in [0.5, 0.6) is 0 Å². The standard InChI is InChI=1S/C19H24N4O2/c1-14-9-10-17(20-11-14)22-19(25)13-23(3)12-18(24)21-15(2)16-7-5-4-6-8-16/h4-11,15H,12-13H2,1-3H3,(H,21,24)(H,20,22,25)/t15-/m0/s1. The Balaban J connectivity index is 1.76. The van der Waals surface area contributed by atoms with Gasteiger partial charge < -0.3 is 10.6 Å². The van der Waals surface area contributed by atoms with E-state index in [1.54, 1.807) is 24.2 Å². The monoisotopic (exact) mass is 340 g/mol. The SMILES string of the molecule is Cc1ccc(NC(=O)CN(C)CC(=O)N[C@@H](C)c2ccccc2)nc1. The maximum atomic E-state index is 12.1. The van der Waals surface area contributed by atoms with Gasteiger partial charge in [-0.05, 0) is 38.1 Å². The molecule has 0 aliphatic heterocycles. The number of anilines is 1. The van der Waals surface area contributed by atoms with Crippen LogP contribution in [-0.4, -0.2) is 41.8 Å². The fourth-order valence-corrected chi connectivity index (χ4v) is 2.38. The average molecular weight is 340 g/mol. The summed E-state index contributed by atoms with van der Waals surface area (Å²) in [6.07, 6.45) is 1.69.